The van der Waals surface area contributed by atoms with Crippen LogP contribution in [0.2, 0.25) is 0 Å². The summed E-state index contributed by atoms with van der Waals surface area (Å²) in [5.74, 6) is -1.32. The van der Waals surface area contributed by atoms with Crippen LogP contribution in [-0.4, -0.2) is 29.3 Å². The number of phenolic OH excluding ortho intramolecular Hbond substituents is 2. The molecule has 122 valence electrons. The van der Waals surface area contributed by atoms with Crippen LogP contribution in [-0.2, 0) is 11.2 Å². The van der Waals surface area contributed by atoms with Gasteiger partial charge in [-0.25, -0.2) is 4.39 Å². The molecule has 5 nitrogen and oxygen atoms in total. The van der Waals surface area contributed by atoms with Crippen molar-refractivity contribution in [3.05, 3.63) is 52.3 Å². The molecule has 3 N–H and O–H groups in total. The van der Waals surface area contributed by atoms with Crippen LogP contribution in [0.5, 0.6) is 17.2 Å². The second-order valence-corrected chi connectivity index (χ2v) is 5.70. The lowest BCUT2D eigenvalue weighted by atomic mass is 10.1. The molecule has 0 atom stereocenters. The van der Waals surface area contributed by atoms with Gasteiger partial charge in [0.25, 0.3) is 5.91 Å². The van der Waals surface area contributed by atoms with Crippen LogP contribution in [0.25, 0.3) is 0 Å². The first kappa shape index (κ1) is 17.1. The highest BCUT2D eigenvalue weighted by Gasteiger charge is 2.07. The quantitative estimate of drug-likeness (QED) is 0.670. The fourth-order valence-electron chi connectivity index (χ4n) is 1.86. The van der Waals surface area contributed by atoms with Gasteiger partial charge in [0.1, 0.15) is 0 Å². The van der Waals surface area contributed by atoms with E-state index in [-0.39, 0.29) is 29.8 Å². The molecule has 1 amide bonds. The molecule has 0 saturated heterocycles. The Kier molecular flexibility index (Phi) is 5.81. The molecule has 2 aromatic carbocycles. The average Bonchev–Trinajstić information content (AvgIpc) is 2.50. The topological polar surface area (TPSA) is 78.8 Å². The lowest BCUT2D eigenvalue weighted by Crippen LogP contribution is -2.30. The van der Waals surface area contributed by atoms with Crippen molar-refractivity contribution in [2.75, 3.05) is 13.2 Å². The number of hydrogen-bond acceptors (Lipinski definition) is 4. The van der Waals surface area contributed by atoms with Crippen LogP contribution in [0.1, 0.15) is 5.56 Å². The van der Waals surface area contributed by atoms with E-state index < -0.39 is 5.82 Å². The van der Waals surface area contributed by atoms with E-state index in [1.807, 2.05) is 0 Å². The van der Waals surface area contributed by atoms with Crippen LogP contribution in [0, 0.1) is 5.82 Å². The average molecular weight is 384 g/mol. The van der Waals surface area contributed by atoms with E-state index in [4.69, 9.17) is 4.74 Å². The van der Waals surface area contributed by atoms with Gasteiger partial charge in [-0.15, -0.1) is 0 Å². The molecular weight excluding hydrogens is 369 g/mol. The number of halogens is 2. The summed E-state index contributed by atoms with van der Waals surface area (Å²) in [5.41, 5.74) is 0.764. The maximum absolute atomic E-state index is 13.5. The third kappa shape index (κ3) is 5.14. The molecule has 23 heavy (non-hydrogen) atoms. The molecule has 0 aliphatic rings. The van der Waals surface area contributed by atoms with Gasteiger partial charge in [0, 0.05) is 11.0 Å². The third-order valence-corrected chi connectivity index (χ3v) is 3.52. The normalized spacial score (nSPS) is 10.3. The van der Waals surface area contributed by atoms with Crippen molar-refractivity contribution in [2.45, 2.75) is 6.42 Å². The maximum atomic E-state index is 13.5. The number of carbonyl (C=O) groups is 1. The monoisotopic (exact) mass is 383 g/mol. The summed E-state index contributed by atoms with van der Waals surface area (Å²) < 4.78 is 19.2. The summed E-state index contributed by atoms with van der Waals surface area (Å²) >= 11 is 3.13. The van der Waals surface area contributed by atoms with Gasteiger partial charge >= 0.3 is 0 Å². The summed E-state index contributed by atoms with van der Waals surface area (Å²) in [6, 6.07) is 8.76. The molecule has 0 heterocycles. The minimum Gasteiger partial charge on any atom is -0.504 e. The van der Waals surface area contributed by atoms with Crippen molar-refractivity contribution in [2.24, 2.45) is 0 Å². The molecule has 0 aliphatic carbocycles. The lowest BCUT2D eigenvalue weighted by molar-refractivity contribution is -0.123. The summed E-state index contributed by atoms with van der Waals surface area (Å²) in [6.07, 6.45) is 0.478. The largest absolute Gasteiger partial charge is 0.504 e. The van der Waals surface area contributed by atoms with Gasteiger partial charge in [0.05, 0.1) is 0 Å². The molecular formula is C16H15BrFNO4. The SMILES string of the molecule is O=C(COc1ccc(Br)cc1F)NCCc1ccc(O)c(O)c1. The molecule has 0 aromatic heterocycles. The van der Waals surface area contributed by atoms with Crippen molar-refractivity contribution < 1.29 is 24.1 Å². The van der Waals surface area contributed by atoms with E-state index in [1.54, 1.807) is 12.1 Å². The second-order valence-electron chi connectivity index (χ2n) is 4.79. The van der Waals surface area contributed by atoms with Crippen molar-refractivity contribution in [3.63, 3.8) is 0 Å². The van der Waals surface area contributed by atoms with Gasteiger partial charge in [0.15, 0.2) is 29.7 Å². The number of ether oxygens (including phenoxy) is 1. The molecule has 2 rings (SSSR count). The number of amides is 1. The number of aromatic hydroxyl groups is 2. The van der Waals surface area contributed by atoms with Crippen molar-refractivity contribution in [1.82, 2.24) is 5.32 Å². The Bertz CT molecular complexity index is 708. The van der Waals surface area contributed by atoms with E-state index in [2.05, 4.69) is 21.2 Å². The zero-order valence-electron chi connectivity index (χ0n) is 12.1. The molecule has 2 aromatic rings. The minimum absolute atomic E-state index is 0.00630. The predicted octanol–water partition coefficient (Wildman–Crippen LogP) is 2.74. The Labute approximate surface area is 140 Å². The molecule has 0 aliphatic heterocycles. The predicted molar refractivity (Wildman–Crippen MR) is 86.1 cm³/mol. The van der Waals surface area contributed by atoms with E-state index in [0.717, 1.165) is 5.56 Å². The van der Waals surface area contributed by atoms with Gasteiger partial charge in [-0.05, 0) is 42.3 Å². The Morgan fingerprint density at radius 1 is 1.17 bits per heavy atom. The molecule has 0 saturated carbocycles. The molecule has 0 fully saturated rings. The number of carbonyl (C=O) groups excluding carboxylic acids is 1. The smallest absolute Gasteiger partial charge is 0.257 e. The summed E-state index contributed by atoms with van der Waals surface area (Å²) in [6.45, 7) is 0.0363. The first-order valence-electron chi connectivity index (χ1n) is 6.81. The highest BCUT2D eigenvalue weighted by molar-refractivity contribution is 9.10. The lowest BCUT2D eigenvalue weighted by Gasteiger charge is -2.09. The number of phenols is 2. The number of hydrogen-bond donors (Lipinski definition) is 3. The molecule has 7 heteroatoms. The number of rotatable bonds is 6. The highest BCUT2D eigenvalue weighted by atomic mass is 79.9. The number of benzene rings is 2. The minimum atomic E-state index is -0.549. The first-order chi connectivity index (χ1) is 11.0. The van der Waals surface area contributed by atoms with Gasteiger partial charge in [-0.3, -0.25) is 4.79 Å². The van der Waals surface area contributed by atoms with Crippen LogP contribution in [0.4, 0.5) is 4.39 Å². The molecule has 0 spiro atoms. The van der Waals surface area contributed by atoms with Crippen LogP contribution in [0.15, 0.2) is 40.9 Å². The molecule has 0 radical (unpaired) electrons. The van der Waals surface area contributed by atoms with Crippen LogP contribution >= 0.6 is 15.9 Å². The number of nitrogens with one attached hydrogen (secondary N) is 1. The van der Waals surface area contributed by atoms with Gasteiger partial charge in [-0.1, -0.05) is 22.0 Å². The summed E-state index contributed by atoms with van der Waals surface area (Å²) in [7, 11) is 0. The molecule has 0 unspecified atom stereocenters. The maximum Gasteiger partial charge on any atom is 0.257 e. The summed E-state index contributed by atoms with van der Waals surface area (Å²) in [5, 5.41) is 21.2. The fourth-order valence-corrected chi connectivity index (χ4v) is 2.19. The van der Waals surface area contributed by atoms with E-state index in [1.165, 1.54) is 24.3 Å². The zero-order chi connectivity index (χ0) is 16.8. The third-order valence-electron chi connectivity index (χ3n) is 3.03. The second kappa shape index (κ2) is 7.82. The van der Waals surface area contributed by atoms with E-state index in [0.29, 0.717) is 17.4 Å². The van der Waals surface area contributed by atoms with Crippen molar-refractivity contribution >= 4 is 21.8 Å². The van der Waals surface area contributed by atoms with E-state index in [9.17, 15) is 19.4 Å². The Hall–Kier alpha value is -2.28. The van der Waals surface area contributed by atoms with Crippen LogP contribution in [0.3, 0.4) is 0 Å². The van der Waals surface area contributed by atoms with Crippen molar-refractivity contribution in [1.29, 1.82) is 0 Å². The van der Waals surface area contributed by atoms with Gasteiger partial charge in [-0.2, -0.15) is 0 Å². The first-order valence-corrected chi connectivity index (χ1v) is 7.60. The van der Waals surface area contributed by atoms with E-state index >= 15 is 0 Å². The zero-order valence-corrected chi connectivity index (χ0v) is 13.6. The highest BCUT2D eigenvalue weighted by Crippen LogP contribution is 2.25. The Morgan fingerprint density at radius 2 is 1.96 bits per heavy atom. The summed E-state index contributed by atoms with van der Waals surface area (Å²) in [4.78, 5) is 11.6. The van der Waals surface area contributed by atoms with Gasteiger partial charge < -0.3 is 20.3 Å². The van der Waals surface area contributed by atoms with Crippen LogP contribution < -0.4 is 10.1 Å². The van der Waals surface area contributed by atoms with Crippen molar-refractivity contribution in [3.8, 4) is 17.2 Å². The van der Waals surface area contributed by atoms with Gasteiger partial charge in [0.2, 0.25) is 0 Å². The molecule has 0 bridgehead atoms. The Balaban J connectivity index is 1.75. The fraction of sp³-hybridized carbons (Fsp3) is 0.188. The Morgan fingerprint density at radius 3 is 2.65 bits per heavy atom. The standard InChI is InChI=1S/C16H15BrFNO4/c17-11-2-4-15(12(18)8-11)23-9-16(22)19-6-5-10-1-3-13(20)14(21)7-10/h1-4,7-8,20-21H,5-6,9H2,(H,19,22).